The van der Waals surface area contributed by atoms with E-state index in [9.17, 15) is 14.7 Å². The Morgan fingerprint density at radius 3 is 2.38 bits per heavy atom. The molecule has 2 aromatic rings. The van der Waals surface area contributed by atoms with Crippen molar-refractivity contribution < 1.29 is 24.2 Å². The summed E-state index contributed by atoms with van der Waals surface area (Å²) in [5.41, 5.74) is 7.30. The topological polar surface area (TPSA) is 135 Å². The van der Waals surface area contributed by atoms with Crippen molar-refractivity contribution in [2.45, 2.75) is 26.3 Å². The van der Waals surface area contributed by atoms with Gasteiger partial charge in [0.1, 0.15) is 11.5 Å². The van der Waals surface area contributed by atoms with E-state index in [1.807, 2.05) is 19.9 Å². The molecule has 1 atom stereocenters. The highest BCUT2D eigenvalue weighted by atomic mass is 16.5. The molecule has 1 amide bonds. The standard InChI is InChI=1S/C21H23N3O5/c1-3-14-9-16(18(29-12-19(23)25)10-17(14)28-4-2)20(21(26)27)24-15-7-5-13(11-22)6-8-15/h5-10,20,24H,3-4,12H2,1-2H3,(H2,23,25)(H,26,27). The normalized spacial score (nSPS) is 11.2. The van der Waals surface area contributed by atoms with E-state index in [0.29, 0.717) is 35.6 Å². The van der Waals surface area contributed by atoms with Crippen LogP contribution >= 0.6 is 0 Å². The third-order valence-electron chi connectivity index (χ3n) is 4.13. The van der Waals surface area contributed by atoms with Gasteiger partial charge >= 0.3 is 5.97 Å². The maximum atomic E-state index is 12.0. The van der Waals surface area contributed by atoms with Gasteiger partial charge in [0.2, 0.25) is 0 Å². The number of nitrogens with one attached hydrogen (secondary N) is 1. The van der Waals surface area contributed by atoms with E-state index < -0.39 is 24.5 Å². The van der Waals surface area contributed by atoms with Crippen LogP contribution in [-0.2, 0) is 16.0 Å². The first-order valence-corrected chi connectivity index (χ1v) is 9.09. The molecule has 2 aromatic carbocycles. The fraction of sp³-hybridized carbons (Fsp3) is 0.286. The molecule has 8 nitrogen and oxygen atoms in total. The lowest BCUT2D eigenvalue weighted by Gasteiger charge is -2.22. The van der Waals surface area contributed by atoms with Crippen molar-refractivity contribution >= 4 is 17.6 Å². The highest BCUT2D eigenvalue weighted by molar-refractivity contribution is 5.81. The fourth-order valence-electron chi connectivity index (χ4n) is 2.77. The number of carboxylic acid groups (broad SMARTS) is 1. The third-order valence-corrected chi connectivity index (χ3v) is 4.13. The Hall–Kier alpha value is -3.73. The maximum absolute atomic E-state index is 12.0. The van der Waals surface area contributed by atoms with Gasteiger partial charge in [-0.05, 0) is 49.2 Å². The molecular formula is C21H23N3O5. The lowest BCUT2D eigenvalue weighted by Crippen LogP contribution is -2.24. The van der Waals surface area contributed by atoms with Crippen LogP contribution in [0.1, 0.15) is 36.6 Å². The van der Waals surface area contributed by atoms with Crippen LogP contribution in [0.2, 0.25) is 0 Å². The van der Waals surface area contributed by atoms with E-state index in [1.54, 1.807) is 36.4 Å². The van der Waals surface area contributed by atoms with Gasteiger partial charge in [0, 0.05) is 17.3 Å². The summed E-state index contributed by atoms with van der Waals surface area (Å²) in [7, 11) is 0. The molecular weight excluding hydrogens is 374 g/mol. The van der Waals surface area contributed by atoms with Crippen molar-refractivity contribution in [3.8, 4) is 17.6 Å². The van der Waals surface area contributed by atoms with Crippen molar-refractivity contribution in [2.24, 2.45) is 5.73 Å². The number of primary amides is 1. The second-order valence-electron chi connectivity index (χ2n) is 6.14. The molecule has 0 fully saturated rings. The van der Waals surface area contributed by atoms with E-state index in [2.05, 4.69) is 5.32 Å². The molecule has 29 heavy (non-hydrogen) atoms. The number of hydrogen-bond donors (Lipinski definition) is 3. The molecule has 0 aliphatic heterocycles. The van der Waals surface area contributed by atoms with Gasteiger partial charge in [-0.3, -0.25) is 4.79 Å². The van der Waals surface area contributed by atoms with Crippen molar-refractivity contribution in [1.82, 2.24) is 0 Å². The molecule has 0 saturated carbocycles. The van der Waals surface area contributed by atoms with Gasteiger partial charge in [-0.1, -0.05) is 6.92 Å². The number of aryl methyl sites for hydroxylation is 1. The Balaban J connectivity index is 2.49. The highest BCUT2D eigenvalue weighted by Gasteiger charge is 2.26. The average Bonchev–Trinajstić information content (AvgIpc) is 2.71. The Labute approximate surface area is 168 Å². The minimum absolute atomic E-state index is 0.193. The van der Waals surface area contributed by atoms with Crippen molar-refractivity contribution in [1.29, 1.82) is 5.26 Å². The number of anilines is 1. The molecule has 8 heteroatoms. The first-order chi connectivity index (χ1) is 13.9. The van der Waals surface area contributed by atoms with E-state index in [1.165, 1.54) is 0 Å². The number of nitriles is 1. The molecule has 0 radical (unpaired) electrons. The lowest BCUT2D eigenvalue weighted by atomic mass is 9.99. The monoisotopic (exact) mass is 397 g/mol. The number of rotatable bonds is 10. The molecule has 0 bridgehead atoms. The summed E-state index contributed by atoms with van der Waals surface area (Å²) >= 11 is 0. The van der Waals surface area contributed by atoms with Crippen molar-refractivity contribution in [3.05, 3.63) is 53.1 Å². The highest BCUT2D eigenvalue weighted by Crippen LogP contribution is 2.35. The summed E-state index contributed by atoms with van der Waals surface area (Å²) in [5.74, 6) is -1.07. The largest absolute Gasteiger partial charge is 0.493 e. The molecule has 0 heterocycles. The summed E-state index contributed by atoms with van der Waals surface area (Å²) in [6.07, 6.45) is 0.613. The van der Waals surface area contributed by atoms with Crippen LogP contribution in [0.25, 0.3) is 0 Å². The molecule has 4 N–H and O–H groups in total. The number of benzene rings is 2. The minimum atomic E-state index is -1.16. The van der Waals surface area contributed by atoms with Crippen LogP contribution < -0.4 is 20.5 Å². The van der Waals surface area contributed by atoms with Gasteiger partial charge in [-0.2, -0.15) is 5.26 Å². The molecule has 0 aliphatic carbocycles. The van der Waals surface area contributed by atoms with Crippen LogP contribution in [0.3, 0.4) is 0 Å². The molecule has 0 aliphatic rings. The molecule has 1 unspecified atom stereocenters. The average molecular weight is 397 g/mol. The first kappa shape index (κ1) is 21.6. The van der Waals surface area contributed by atoms with Crippen LogP contribution in [-0.4, -0.2) is 30.2 Å². The second-order valence-corrected chi connectivity index (χ2v) is 6.14. The van der Waals surface area contributed by atoms with E-state index >= 15 is 0 Å². The zero-order valence-electron chi connectivity index (χ0n) is 16.3. The smallest absolute Gasteiger partial charge is 0.330 e. The quantitative estimate of drug-likeness (QED) is 0.561. The van der Waals surface area contributed by atoms with Gasteiger partial charge in [-0.25, -0.2) is 4.79 Å². The maximum Gasteiger partial charge on any atom is 0.330 e. The number of carboxylic acids is 1. The van der Waals surface area contributed by atoms with Gasteiger partial charge in [0.05, 0.1) is 18.2 Å². The number of carbonyl (C=O) groups is 2. The van der Waals surface area contributed by atoms with Crippen LogP contribution in [0.4, 0.5) is 5.69 Å². The molecule has 0 saturated heterocycles. The Bertz CT molecular complexity index is 919. The van der Waals surface area contributed by atoms with Crippen molar-refractivity contribution in [2.75, 3.05) is 18.5 Å². The molecule has 2 rings (SSSR count). The SMILES string of the molecule is CCOc1cc(OCC(N)=O)c(C(Nc2ccc(C#N)cc2)C(=O)O)cc1CC. The fourth-order valence-corrected chi connectivity index (χ4v) is 2.77. The summed E-state index contributed by atoms with van der Waals surface area (Å²) in [6.45, 7) is 3.79. The number of amides is 1. The lowest BCUT2D eigenvalue weighted by molar-refractivity contribution is -0.138. The molecule has 0 aromatic heterocycles. The molecule has 0 spiro atoms. The van der Waals surface area contributed by atoms with E-state index in [4.69, 9.17) is 20.5 Å². The van der Waals surface area contributed by atoms with E-state index in [-0.39, 0.29) is 5.75 Å². The first-order valence-electron chi connectivity index (χ1n) is 9.09. The Kier molecular flexibility index (Phi) is 7.43. The summed E-state index contributed by atoms with van der Waals surface area (Å²) in [6, 6.07) is 10.5. The summed E-state index contributed by atoms with van der Waals surface area (Å²) < 4.78 is 11.1. The molecule has 152 valence electrons. The van der Waals surface area contributed by atoms with Gasteiger partial charge in [-0.15, -0.1) is 0 Å². The van der Waals surface area contributed by atoms with Crippen LogP contribution in [0.15, 0.2) is 36.4 Å². The number of nitrogens with two attached hydrogens (primary N) is 1. The Morgan fingerprint density at radius 2 is 1.86 bits per heavy atom. The summed E-state index contributed by atoms with van der Waals surface area (Å²) in [5, 5.41) is 21.7. The van der Waals surface area contributed by atoms with Gasteiger partial charge in [0.15, 0.2) is 12.6 Å². The predicted octanol–water partition coefficient (Wildman–Crippen LogP) is 2.62. The third kappa shape index (κ3) is 5.62. The summed E-state index contributed by atoms with van der Waals surface area (Å²) in [4.78, 5) is 23.2. The van der Waals surface area contributed by atoms with Crippen molar-refractivity contribution in [3.63, 3.8) is 0 Å². The van der Waals surface area contributed by atoms with E-state index in [0.717, 1.165) is 5.56 Å². The van der Waals surface area contributed by atoms with Gasteiger partial charge in [0.25, 0.3) is 5.91 Å². The zero-order chi connectivity index (χ0) is 21.4. The number of ether oxygens (including phenoxy) is 2. The number of nitrogens with zero attached hydrogens (tertiary/aromatic N) is 1. The predicted molar refractivity (Wildman–Crippen MR) is 107 cm³/mol. The number of carbonyl (C=O) groups excluding carboxylic acids is 1. The Morgan fingerprint density at radius 1 is 1.17 bits per heavy atom. The minimum Gasteiger partial charge on any atom is -0.493 e. The number of hydrogen-bond acceptors (Lipinski definition) is 6. The second kappa shape index (κ2) is 9.99. The number of aliphatic carboxylic acids is 1. The van der Waals surface area contributed by atoms with Crippen LogP contribution in [0, 0.1) is 11.3 Å². The zero-order valence-corrected chi connectivity index (χ0v) is 16.3. The van der Waals surface area contributed by atoms with Crippen LogP contribution in [0.5, 0.6) is 11.5 Å². The van der Waals surface area contributed by atoms with Gasteiger partial charge < -0.3 is 25.6 Å².